The van der Waals surface area contributed by atoms with E-state index in [4.69, 9.17) is 6.42 Å². The van der Waals surface area contributed by atoms with Crippen LogP contribution in [-0.2, 0) is 9.59 Å². The third-order valence-electron chi connectivity index (χ3n) is 3.55. The minimum atomic E-state index is -1.85. The van der Waals surface area contributed by atoms with Gasteiger partial charge in [-0.05, 0) is 37.8 Å². The van der Waals surface area contributed by atoms with Gasteiger partial charge in [-0.15, -0.1) is 6.42 Å². The van der Waals surface area contributed by atoms with Gasteiger partial charge in [0.1, 0.15) is 5.60 Å². The van der Waals surface area contributed by atoms with Gasteiger partial charge >= 0.3 is 51.4 Å². The van der Waals surface area contributed by atoms with Crippen LogP contribution in [0.15, 0.2) is 24.3 Å². The second kappa shape index (κ2) is 10.3. The summed E-state index contributed by atoms with van der Waals surface area (Å²) in [5, 5.41) is 24.2. The number of para-hydroxylation sites is 1. The maximum atomic E-state index is 12.3. The number of anilines is 1. The summed E-state index contributed by atoms with van der Waals surface area (Å²) in [6.07, 6.45) is 5.46. The van der Waals surface area contributed by atoms with E-state index < -0.39 is 23.4 Å². The fourth-order valence-electron chi connectivity index (χ4n) is 2.38. The van der Waals surface area contributed by atoms with E-state index in [2.05, 4.69) is 11.2 Å². The predicted octanol–water partition coefficient (Wildman–Crippen LogP) is -1.84. The number of aliphatic hydroxyl groups is 1. The van der Waals surface area contributed by atoms with Gasteiger partial charge in [-0.2, -0.15) is 0 Å². The van der Waals surface area contributed by atoms with E-state index in [0.29, 0.717) is 17.7 Å². The maximum Gasteiger partial charge on any atom is 1.00 e. The molecule has 0 heterocycles. The van der Waals surface area contributed by atoms with Crippen LogP contribution in [0, 0.1) is 24.2 Å². The van der Waals surface area contributed by atoms with Crippen molar-refractivity contribution in [1.29, 1.82) is 0 Å². The second-order valence-electron chi connectivity index (χ2n) is 6.27. The van der Waals surface area contributed by atoms with E-state index in [1.165, 1.54) is 6.92 Å². The molecule has 2 N–H and O–H groups in total. The van der Waals surface area contributed by atoms with Crippen molar-refractivity contribution in [2.24, 2.45) is 11.8 Å². The van der Waals surface area contributed by atoms with E-state index in [1.54, 1.807) is 24.3 Å². The van der Waals surface area contributed by atoms with Crippen LogP contribution in [0.25, 0.3) is 0 Å². The molecule has 2 unspecified atom stereocenters. The Kier molecular flexibility index (Phi) is 10.0. The first-order chi connectivity index (χ1) is 10.7. The predicted molar refractivity (Wildman–Crippen MR) is 86.2 cm³/mol. The summed E-state index contributed by atoms with van der Waals surface area (Å²) in [6.45, 7) is 5.03. The number of carboxylic acids is 1. The number of hydrogen-bond donors (Lipinski definition) is 2. The Morgan fingerprint density at radius 3 is 2.46 bits per heavy atom. The van der Waals surface area contributed by atoms with E-state index in [0.717, 1.165) is 0 Å². The number of carboxylic acid groups (broad SMARTS) is 1. The molecule has 0 aliphatic carbocycles. The van der Waals surface area contributed by atoms with E-state index in [1.807, 2.05) is 13.8 Å². The molecule has 0 aliphatic heterocycles. The van der Waals surface area contributed by atoms with Crippen LogP contribution in [0.4, 0.5) is 5.69 Å². The molecule has 0 radical (unpaired) electrons. The molecular weight excluding hydrogens is 333 g/mol. The zero-order chi connectivity index (χ0) is 17.6. The van der Waals surface area contributed by atoms with Crippen molar-refractivity contribution in [3.63, 3.8) is 0 Å². The summed E-state index contributed by atoms with van der Waals surface area (Å²) in [4.78, 5) is 23.5. The van der Waals surface area contributed by atoms with Crippen molar-refractivity contribution in [2.75, 3.05) is 5.32 Å². The Labute approximate surface area is 185 Å². The molecule has 1 aromatic carbocycles. The number of aliphatic carboxylic acids is 1. The minimum absolute atomic E-state index is 0. The molecule has 24 heavy (non-hydrogen) atoms. The largest absolute Gasteiger partial charge is 1.00 e. The maximum absolute atomic E-state index is 12.3. The third kappa shape index (κ3) is 7.05. The summed E-state index contributed by atoms with van der Waals surface area (Å²) in [5.74, 6) is -0.324. The van der Waals surface area contributed by atoms with Crippen molar-refractivity contribution in [2.45, 2.75) is 39.2 Å². The van der Waals surface area contributed by atoms with Crippen molar-refractivity contribution >= 4 is 17.6 Å². The third-order valence-corrected chi connectivity index (χ3v) is 3.55. The number of nitrogens with one attached hydrogen (secondary N) is 1. The standard InChI is InChI=1S/C18H23NO4.K/c1-5-13-8-6-7-9-15(13)19-17(22)18(4,23)11-14(16(20)21)10-12(2)3;/h1,6-9,12,14,23H,10-11H2,2-4H3,(H,19,22)(H,20,21);/q;+1/p-1. The van der Waals surface area contributed by atoms with Crippen LogP contribution in [0.3, 0.4) is 0 Å². The molecule has 1 aromatic rings. The Morgan fingerprint density at radius 2 is 1.96 bits per heavy atom. The number of carbonyl (C=O) groups is 2. The van der Waals surface area contributed by atoms with E-state index in [-0.39, 0.29) is 63.7 Å². The fourth-order valence-corrected chi connectivity index (χ4v) is 2.38. The van der Waals surface area contributed by atoms with Gasteiger partial charge in [-0.25, -0.2) is 0 Å². The topological polar surface area (TPSA) is 89.5 Å². The molecule has 1 rings (SSSR count). The number of carbonyl (C=O) groups excluding carboxylic acids is 2. The Morgan fingerprint density at radius 1 is 1.38 bits per heavy atom. The Balaban J connectivity index is 0.00000529. The van der Waals surface area contributed by atoms with Gasteiger partial charge in [0.2, 0.25) is 0 Å². The molecular formula is C18H22KNO4. The molecule has 0 saturated carbocycles. The zero-order valence-electron chi connectivity index (χ0n) is 14.6. The Bertz CT molecular complexity index is 620. The Hall–Kier alpha value is -0.684. The van der Waals surface area contributed by atoms with Crippen molar-refractivity contribution in [1.82, 2.24) is 0 Å². The van der Waals surface area contributed by atoms with Gasteiger partial charge in [-0.1, -0.05) is 31.9 Å². The van der Waals surface area contributed by atoms with Crippen molar-refractivity contribution in [3.05, 3.63) is 29.8 Å². The average molecular weight is 355 g/mol. The molecule has 1 amide bonds. The van der Waals surface area contributed by atoms with Crippen LogP contribution in [0.2, 0.25) is 0 Å². The molecule has 0 saturated heterocycles. The SMILES string of the molecule is C#Cc1ccccc1NC(=O)C(C)(O)CC(CC(C)C)C(=O)[O-].[K+]. The molecule has 0 bridgehead atoms. The van der Waals surface area contributed by atoms with Crippen LogP contribution in [0.1, 0.15) is 39.2 Å². The number of hydrogen-bond acceptors (Lipinski definition) is 4. The first-order valence-electron chi connectivity index (χ1n) is 7.47. The van der Waals surface area contributed by atoms with Crippen LogP contribution < -0.4 is 61.8 Å². The normalized spacial score (nSPS) is 14.0. The van der Waals surface area contributed by atoms with Crippen LogP contribution in [-0.4, -0.2) is 22.6 Å². The summed E-state index contributed by atoms with van der Waals surface area (Å²) >= 11 is 0. The van der Waals surface area contributed by atoms with Gasteiger partial charge in [0.05, 0.1) is 5.69 Å². The van der Waals surface area contributed by atoms with Gasteiger partial charge in [0, 0.05) is 17.5 Å². The summed E-state index contributed by atoms with van der Waals surface area (Å²) in [7, 11) is 0. The molecule has 0 fully saturated rings. The molecule has 0 spiro atoms. The van der Waals surface area contributed by atoms with Crippen molar-refractivity contribution in [3.8, 4) is 12.3 Å². The van der Waals surface area contributed by atoms with Gasteiger partial charge in [0.25, 0.3) is 5.91 Å². The fraction of sp³-hybridized carbons (Fsp3) is 0.444. The molecule has 5 nitrogen and oxygen atoms in total. The van der Waals surface area contributed by atoms with Gasteiger partial charge in [-0.3, -0.25) is 4.79 Å². The molecule has 2 atom stereocenters. The smallest absolute Gasteiger partial charge is 0.550 e. The molecule has 6 heteroatoms. The molecule has 0 aliphatic rings. The van der Waals surface area contributed by atoms with Gasteiger partial charge < -0.3 is 20.3 Å². The number of benzene rings is 1. The number of amides is 1. The summed E-state index contributed by atoms with van der Waals surface area (Å²) < 4.78 is 0. The molecule has 0 aromatic heterocycles. The van der Waals surface area contributed by atoms with E-state index >= 15 is 0 Å². The number of rotatable bonds is 7. The monoisotopic (exact) mass is 355 g/mol. The summed E-state index contributed by atoms with van der Waals surface area (Å²) in [6, 6.07) is 6.71. The quantitative estimate of drug-likeness (QED) is 0.445. The second-order valence-corrected chi connectivity index (χ2v) is 6.27. The number of terminal acetylenes is 1. The molecule has 124 valence electrons. The van der Waals surface area contributed by atoms with Gasteiger partial charge in [0.15, 0.2) is 0 Å². The zero-order valence-corrected chi connectivity index (χ0v) is 17.8. The van der Waals surface area contributed by atoms with E-state index in [9.17, 15) is 19.8 Å². The average Bonchev–Trinajstić information content (AvgIpc) is 2.46. The summed E-state index contributed by atoms with van der Waals surface area (Å²) in [5.41, 5.74) is -0.967. The minimum Gasteiger partial charge on any atom is -0.550 e. The van der Waals surface area contributed by atoms with Crippen LogP contribution >= 0.6 is 0 Å². The first-order valence-corrected chi connectivity index (χ1v) is 7.47. The van der Waals surface area contributed by atoms with Crippen LogP contribution in [0.5, 0.6) is 0 Å². The first kappa shape index (κ1) is 23.3. The van der Waals surface area contributed by atoms with Crippen molar-refractivity contribution < 1.29 is 71.2 Å².